The molecule has 1 saturated heterocycles. The van der Waals surface area contributed by atoms with Gasteiger partial charge in [-0.05, 0) is 36.4 Å². The van der Waals surface area contributed by atoms with E-state index >= 15 is 0 Å². The van der Waals surface area contributed by atoms with E-state index in [0.29, 0.717) is 18.7 Å². The van der Waals surface area contributed by atoms with Gasteiger partial charge in [-0.1, -0.05) is 6.07 Å². The Hall–Kier alpha value is -2.21. The van der Waals surface area contributed by atoms with Crippen LogP contribution in [-0.2, 0) is 0 Å². The van der Waals surface area contributed by atoms with Crippen molar-refractivity contribution >= 4 is 23.2 Å². The quantitative estimate of drug-likeness (QED) is 0.944. The maximum absolute atomic E-state index is 12.3. The molecule has 0 bridgehead atoms. The number of carbonyl (C=O) groups excluding carboxylic acids is 2. The van der Waals surface area contributed by atoms with Crippen molar-refractivity contribution in [1.29, 1.82) is 0 Å². The first kappa shape index (κ1) is 14.7. The average Bonchev–Trinajstić information content (AvgIpc) is 3.10. The Labute approximate surface area is 133 Å². The number of amides is 2. The predicted octanol–water partition coefficient (Wildman–Crippen LogP) is 2.18. The van der Waals surface area contributed by atoms with Gasteiger partial charge in [-0.3, -0.25) is 14.6 Å². The van der Waals surface area contributed by atoms with Gasteiger partial charge < -0.3 is 10.2 Å². The molecule has 1 aliphatic rings. The summed E-state index contributed by atoms with van der Waals surface area (Å²) in [6.45, 7) is 1.33. The Balaban J connectivity index is 1.52. The van der Waals surface area contributed by atoms with Crippen molar-refractivity contribution in [2.75, 3.05) is 13.1 Å². The molecule has 0 saturated carbocycles. The fourth-order valence-electron chi connectivity index (χ4n) is 2.57. The monoisotopic (exact) mass is 315 g/mol. The summed E-state index contributed by atoms with van der Waals surface area (Å²) in [5, 5.41) is 4.94. The first-order chi connectivity index (χ1) is 10.7. The summed E-state index contributed by atoms with van der Waals surface area (Å²) in [6.07, 6.45) is 4.82. The Bertz CT molecular complexity index is 635. The number of pyridine rings is 1. The van der Waals surface area contributed by atoms with Crippen LogP contribution in [0.2, 0.25) is 0 Å². The molecule has 0 spiro atoms. The van der Waals surface area contributed by atoms with Gasteiger partial charge in [0.1, 0.15) is 0 Å². The molecule has 0 unspecified atom stereocenters. The third-order valence-corrected chi connectivity index (χ3v) is 4.66. The van der Waals surface area contributed by atoms with Crippen LogP contribution in [0.5, 0.6) is 0 Å². The molecular weight excluding hydrogens is 298 g/mol. The highest BCUT2D eigenvalue weighted by Crippen LogP contribution is 2.15. The largest absolute Gasteiger partial charge is 0.348 e. The maximum Gasteiger partial charge on any atom is 0.261 e. The third kappa shape index (κ3) is 3.33. The maximum atomic E-state index is 12.3. The van der Waals surface area contributed by atoms with Crippen molar-refractivity contribution in [3.63, 3.8) is 0 Å². The van der Waals surface area contributed by atoms with Crippen LogP contribution in [0.15, 0.2) is 42.0 Å². The fourth-order valence-corrected chi connectivity index (χ4v) is 3.20. The lowest BCUT2D eigenvalue weighted by Crippen LogP contribution is -2.46. The average molecular weight is 315 g/mol. The number of nitrogens with zero attached hydrogens (tertiary/aromatic N) is 2. The second-order valence-electron chi connectivity index (χ2n) is 5.25. The van der Waals surface area contributed by atoms with Gasteiger partial charge in [-0.2, -0.15) is 0 Å². The van der Waals surface area contributed by atoms with E-state index in [2.05, 4.69) is 10.3 Å². The van der Waals surface area contributed by atoms with Gasteiger partial charge in [-0.15, -0.1) is 11.3 Å². The van der Waals surface area contributed by atoms with Gasteiger partial charge >= 0.3 is 0 Å². The Kier molecular flexibility index (Phi) is 4.48. The summed E-state index contributed by atoms with van der Waals surface area (Å²) in [4.78, 5) is 30.8. The summed E-state index contributed by atoms with van der Waals surface area (Å²) in [7, 11) is 0. The SMILES string of the molecule is O=C(NC1CCN(C(=O)c2ccncc2)CC1)c1cccs1. The highest BCUT2D eigenvalue weighted by atomic mass is 32.1. The molecule has 0 aromatic carbocycles. The van der Waals surface area contributed by atoms with Crippen LogP contribution in [-0.4, -0.2) is 40.8 Å². The molecule has 6 heteroatoms. The van der Waals surface area contributed by atoms with Crippen molar-refractivity contribution in [3.05, 3.63) is 52.5 Å². The van der Waals surface area contributed by atoms with Gasteiger partial charge in [0.05, 0.1) is 4.88 Å². The second-order valence-corrected chi connectivity index (χ2v) is 6.20. The lowest BCUT2D eigenvalue weighted by molar-refractivity contribution is 0.0698. The van der Waals surface area contributed by atoms with Crippen LogP contribution in [0.4, 0.5) is 0 Å². The van der Waals surface area contributed by atoms with Crippen molar-refractivity contribution in [1.82, 2.24) is 15.2 Å². The number of aromatic nitrogens is 1. The van der Waals surface area contributed by atoms with Gasteiger partial charge in [0, 0.05) is 37.1 Å². The van der Waals surface area contributed by atoms with E-state index in [-0.39, 0.29) is 17.9 Å². The lowest BCUT2D eigenvalue weighted by atomic mass is 10.0. The molecule has 114 valence electrons. The topological polar surface area (TPSA) is 62.3 Å². The zero-order chi connectivity index (χ0) is 15.4. The minimum Gasteiger partial charge on any atom is -0.348 e. The molecule has 1 N–H and O–H groups in total. The molecule has 5 nitrogen and oxygen atoms in total. The van der Waals surface area contributed by atoms with Crippen LogP contribution < -0.4 is 5.32 Å². The number of carbonyl (C=O) groups is 2. The van der Waals surface area contributed by atoms with Gasteiger partial charge in [-0.25, -0.2) is 0 Å². The summed E-state index contributed by atoms with van der Waals surface area (Å²) in [6, 6.07) is 7.29. The van der Waals surface area contributed by atoms with Gasteiger partial charge in [0.25, 0.3) is 11.8 Å². The van der Waals surface area contributed by atoms with E-state index < -0.39 is 0 Å². The molecule has 2 aromatic rings. The standard InChI is InChI=1S/C16H17N3O2S/c20-15(14-2-1-11-22-14)18-13-5-9-19(10-6-13)16(21)12-3-7-17-8-4-12/h1-4,7-8,11,13H,5-6,9-10H2,(H,18,20). The van der Waals surface area contributed by atoms with Crippen molar-refractivity contribution in [2.24, 2.45) is 0 Å². The number of likely N-dealkylation sites (tertiary alicyclic amines) is 1. The van der Waals surface area contributed by atoms with E-state index in [1.807, 2.05) is 22.4 Å². The molecule has 3 rings (SSSR count). The molecule has 22 heavy (non-hydrogen) atoms. The zero-order valence-corrected chi connectivity index (χ0v) is 12.9. The minimum absolute atomic E-state index is 0.0195. The van der Waals surface area contributed by atoms with Crippen molar-refractivity contribution in [3.8, 4) is 0 Å². The van der Waals surface area contributed by atoms with E-state index in [4.69, 9.17) is 0 Å². The van der Waals surface area contributed by atoms with E-state index in [1.54, 1.807) is 24.5 Å². The third-order valence-electron chi connectivity index (χ3n) is 3.79. The summed E-state index contributed by atoms with van der Waals surface area (Å²) in [5.74, 6) is 0.0133. The van der Waals surface area contributed by atoms with E-state index in [9.17, 15) is 9.59 Å². The molecule has 1 fully saturated rings. The van der Waals surface area contributed by atoms with Gasteiger partial charge in [0.2, 0.25) is 0 Å². The highest BCUT2D eigenvalue weighted by Gasteiger charge is 2.24. The molecule has 2 aromatic heterocycles. The first-order valence-corrected chi connectivity index (χ1v) is 8.15. The molecule has 0 aliphatic carbocycles. The normalized spacial score (nSPS) is 15.5. The Morgan fingerprint density at radius 2 is 1.91 bits per heavy atom. The lowest BCUT2D eigenvalue weighted by Gasteiger charge is -2.32. The number of nitrogens with one attached hydrogen (secondary N) is 1. The Morgan fingerprint density at radius 3 is 2.55 bits per heavy atom. The van der Waals surface area contributed by atoms with Crippen molar-refractivity contribution < 1.29 is 9.59 Å². The minimum atomic E-state index is -0.0195. The second kappa shape index (κ2) is 6.70. The van der Waals surface area contributed by atoms with Crippen LogP contribution in [0.3, 0.4) is 0 Å². The summed E-state index contributed by atoms with van der Waals surface area (Å²) < 4.78 is 0. The molecular formula is C16H17N3O2S. The molecule has 2 amide bonds. The van der Waals surface area contributed by atoms with Crippen molar-refractivity contribution in [2.45, 2.75) is 18.9 Å². The number of hydrogen-bond donors (Lipinski definition) is 1. The number of piperidine rings is 1. The number of hydrogen-bond acceptors (Lipinski definition) is 4. The predicted molar refractivity (Wildman–Crippen MR) is 84.9 cm³/mol. The van der Waals surface area contributed by atoms with Crippen LogP contribution >= 0.6 is 11.3 Å². The molecule has 0 atom stereocenters. The fraction of sp³-hybridized carbons (Fsp3) is 0.312. The van der Waals surface area contributed by atoms with E-state index in [0.717, 1.165) is 17.7 Å². The van der Waals surface area contributed by atoms with Crippen LogP contribution in [0.1, 0.15) is 32.9 Å². The zero-order valence-electron chi connectivity index (χ0n) is 12.1. The highest BCUT2D eigenvalue weighted by molar-refractivity contribution is 7.12. The molecule has 1 aliphatic heterocycles. The number of rotatable bonds is 3. The smallest absolute Gasteiger partial charge is 0.261 e. The van der Waals surface area contributed by atoms with Crippen LogP contribution in [0.25, 0.3) is 0 Å². The summed E-state index contributed by atoms with van der Waals surface area (Å²) >= 11 is 1.44. The Morgan fingerprint density at radius 1 is 1.18 bits per heavy atom. The number of thiophene rings is 1. The van der Waals surface area contributed by atoms with Gasteiger partial charge in [0.15, 0.2) is 0 Å². The first-order valence-electron chi connectivity index (χ1n) is 7.28. The molecule has 0 radical (unpaired) electrons. The van der Waals surface area contributed by atoms with E-state index in [1.165, 1.54) is 11.3 Å². The van der Waals surface area contributed by atoms with Crippen LogP contribution in [0, 0.1) is 0 Å². The molecule has 3 heterocycles. The summed E-state index contributed by atoms with van der Waals surface area (Å²) in [5.41, 5.74) is 0.663.